The summed E-state index contributed by atoms with van der Waals surface area (Å²) < 4.78 is 0. The van der Waals surface area contributed by atoms with Gasteiger partial charge in [-0.15, -0.1) is 0 Å². The standard InChI is InChI=1S/C6H11BO2/c1-2-8-9-6-4-3-5-7/h3-4H,2,5-6H2,1H3/b4-3+. The number of allylic oxidation sites excluding steroid dienone is 1. The molecule has 0 rings (SSSR count). The summed E-state index contributed by atoms with van der Waals surface area (Å²) >= 11 is 0. The minimum Gasteiger partial charge on any atom is -0.237 e. The Labute approximate surface area is 57.2 Å². The predicted octanol–water partition coefficient (Wildman–Crippen LogP) is 1.10. The molecule has 0 aliphatic heterocycles. The van der Waals surface area contributed by atoms with Crippen LogP contribution in [-0.4, -0.2) is 21.1 Å². The largest absolute Gasteiger partial charge is 0.237 e. The molecular formula is C6H11BO2. The van der Waals surface area contributed by atoms with E-state index in [4.69, 9.17) is 7.85 Å². The van der Waals surface area contributed by atoms with Gasteiger partial charge in [0.05, 0.1) is 14.5 Å². The molecule has 0 amide bonds. The zero-order valence-electron chi connectivity index (χ0n) is 5.67. The van der Waals surface area contributed by atoms with Crippen molar-refractivity contribution in [2.45, 2.75) is 13.2 Å². The van der Waals surface area contributed by atoms with Gasteiger partial charge in [-0.05, 0) is 6.92 Å². The first-order chi connectivity index (χ1) is 4.41. The van der Waals surface area contributed by atoms with Crippen molar-refractivity contribution in [2.75, 3.05) is 13.2 Å². The second-order valence-corrected chi connectivity index (χ2v) is 1.40. The van der Waals surface area contributed by atoms with Crippen LogP contribution in [-0.2, 0) is 9.78 Å². The Hall–Kier alpha value is -0.275. The highest BCUT2D eigenvalue weighted by atomic mass is 17.2. The van der Waals surface area contributed by atoms with Gasteiger partial charge in [0.15, 0.2) is 0 Å². The maximum Gasteiger partial charge on any atom is 0.100 e. The second-order valence-electron chi connectivity index (χ2n) is 1.40. The molecule has 0 unspecified atom stereocenters. The highest BCUT2D eigenvalue weighted by Crippen LogP contribution is 1.81. The predicted molar refractivity (Wildman–Crippen MR) is 37.3 cm³/mol. The maximum atomic E-state index is 5.16. The average Bonchev–Trinajstić information content (AvgIpc) is 1.89. The van der Waals surface area contributed by atoms with Crippen molar-refractivity contribution in [3.05, 3.63) is 12.2 Å². The van der Waals surface area contributed by atoms with E-state index in [0.717, 1.165) is 0 Å². The van der Waals surface area contributed by atoms with Gasteiger partial charge in [0, 0.05) is 0 Å². The monoisotopic (exact) mass is 126 g/mol. The molecule has 0 heterocycles. The summed E-state index contributed by atoms with van der Waals surface area (Å²) in [6.45, 7) is 2.92. The van der Waals surface area contributed by atoms with E-state index in [-0.39, 0.29) is 0 Å². The van der Waals surface area contributed by atoms with Crippen molar-refractivity contribution in [1.82, 2.24) is 0 Å². The lowest BCUT2D eigenvalue weighted by molar-refractivity contribution is -0.282. The van der Waals surface area contributed by atoms with Crippen molar-refractivity contribution in [3.8, 4) is 0 Å². The van der Waals surface area contributed by atoms with Crippen LogP contribution in [0.5, 0.6) is 0 Å². The van der Waals surface area contributed by atoms with Crippen LogP contribution < -0.4 is 0 Å². The van der Waals surface area contributed by atoms with Crippen molar-refractivity contribution >= 4 is 7.85 Å². The van der Waals surface area contributed by atoms with Crippen molar-refractivity contribution in [3.63, 3.8) is 0 Å². The van der Waals surface area contributed by atoms with E-state index in [1.165, 1.54) is 0 Å². The zero-order valence-corrected chi connectivity index (χ0v) is 5.67. The van der Waals surface area contributed by atoms with Crippen LogP contribution in [0.25, 0.3) is 0 Å². The highest BCUT2D eigenvalue weighted by molar-refractivity contribution is 6.09. The normalized spacial score (nSPS) is 10.8. The molecule has 0 aliphatic rings. The highest BCUT2D eigenvalue weighted by Gasteiger charge is 1.77. The van der Waals surface area contributed by atoms with E-state index in [9.17, 15) is 0 Å². The molecule has 2 nitrogen and oxygen atoms in total. The van der Waals surface area contributed by atoms with Crippen LogP contribution >= 0.6 is 0 Å². The van der Waals surface area contributed by atoms with E-state index in [2.05, 4.69) is 9.78 Å². The van der Waals surface area contributed by atoms with Crippen LogP contribution in [0.15, 0.2) is 12.2 Å². The molecule has 0 aliphatic carbocycles. The molecule has 50 valence electrons. The Balaban J connectivity index is 2.82. The number of hydrogen-bond donors (Lipinski definition) is 0. The molecule has 2 radical (unpaired) electrons. The average molecular weight is 126 g/mol. The van der Waals surface area contributed by atoms with Gasteiger partial charge in [0.2, 0.25) is 0 Å². The first kappa shape index (κ1) is 8.72. The molecule has 0 spiro atoms. The molecule has 0 saturated heterocycles. The third-order valence-electron chi connectivity index (χ3n) is 0.668. The Morgan fingerprint density at radius 2 is 2.11 bits per heavy atom. The van der Waals surface area contributed by atoms with Gasteiger partial charge in [-0.1, -0.05) is 18.5 Å². The Bertz CT molecular complexity index is 73.5. The summed E-state index contributed by atoms with van der Waals surface area (Å²) in [7, 11) is 5.16. The Morgan fingerprint density at radius 3 is 2.67 bits per heavy atom. The van der Waals surface area contributed by atoms with Crippen molar-refractivity contribution < 1.29 is 9.78 Å². The molecule has 9 heavy (non-hydrogen) atoms. The first-order valence-electron chi connectivity index (χ1n) is 3.01. The number of hydrogen-bond acceptors (Lipinski definition) is 2. The van der Waals surface area contributed by atoms with E-state index in [1.54, 1.807) is 0 Å². The maximum absolute atomic E-state index is 5.16. The number of rotatable bonds is 5. The molecule has 0 fully saturated rings. The second kappa shape index (κ2) is 7.72. The summed E-state index contributed by atoms with van der Waals surface area (Å²) in [5.74, 6) is 0. The summed E-state index contributed by atoms with van der Waals surface area (Å²) in [6.07, 6.45) is 4.18. The SMILES string of the molecule is [B]C/C=C/COOCC. The minimum atomic E-state index is 0.477. The van der Waals surface area contributed by atoms with Gasteiger partial charge in [-0.25, -0.2) is 9.78 Å². The lowest BCUT2D eigenvalue weighted by Gasteiger charge is -1.94. The van der Waals surface area contributed by atoms with Gasteiger partial charge < -0.3 is 0 Å². The summed E-state index contributed by atoms with van der Waals surface area (Å²) in [5.41, 5.74) is 0. The topological polar surface area (TPSA) is 18.5 Å². The van der Waals surface area contributed by atoms with Crippen molar-refractivity contribution in [1.29, 1.82) is 0 Å². The van der Waals surface area contributed by atoms with E-state index >= 15 is 0 Å². The fourth-order valence-corrected chi connectivity index (χ4v) is 0.335. The van der Waals surface area contributed by atoms with Gasteiger partial charge in [-0.2, -0.15) is 0 Å². The van der Waals surface area contributed by atoms with Crippen LogP contribution in [0.3, 0.4) is 0 Å². The Kier molecular flexibility index (Phi) is 7.49. The zero-order chi connectivity index (χ0) is 6.95. The van der Waals surface area contributed by atoms with Gasteiger partial charge in [0.1, 0.15) is 6.61 Å². The molecule has 3 heteroatoms. The molecule has 0 atom stereocenters. The van der Waals surface area contributed by atoms with E-state index in [0.29, 0.717) is 19.5 Å². The fourth-order valence-electron chi connectivity index (χ4n) is 0.335. The molecule has 0 aromatic heterocycles. The van der Waals surface area contributed by atoms with Crippen molar-refractivity contribution in [2.24, 2.45) is 0 Å². The first-order valence-corrected chi connectivity index (χ1v) is 3.01. The molecule has 0 saturated carbocycles. The van der Waals surface area contributed by atoms with Crippen LogP contribution in [0.1, 0.15) is 6.92 Å². The molecule has 0 bridgehead atoms. The van der Waals surface area contributed by atoms with Crippen LogP contribution in [0.4, 0.5) is 0 Å². The van der Waals surface area contributed by atoms with E-state index < -0.39 is 0 Å². The minimum absolute atomic E-state index is 0.477. The lowest BCUT2D eigenvalue weighted by atomic mass is 10.1. The lowest BCUT2D eigenvalue weighted by Crippen LogP contribution is -1.92. The summed E-state index contributed by atoms with van der Waals surface area (Å²) in [6, 6.07) is 0. The van der Waals surface area contributed by atoms with Gasteiger partial charge in [0.25, 0.3) is 0 Å². The summed E-state index contributed by atoms with van der Waals surface area (Å²) in [4.78, 5) is 9.23. The Morgan fingerprint density at radius 1 is 1.33 bits per heavy atom. The molecule has 0 N–H and O–H groups in total. The van der Waals surface area contributed by atoms with Crippen LogP contribution in [0, 0.1) is 0 Å². The quantitative estimate of drug-likeness (QED) is 0.180. The smallest absolute Gasteiger partial charge is 0.100 e. The van der Waals surface area contributed by atoms with Gasteiger partial charge >= 0.3 is 0 Å². The third kappa shape index (κ3) is 7.72. The van der Waals surface area contributed by atoms with E-state index in [1.807, 2.05) is 19.1 Å². The molecule has 0 aromatic rings. The van der Waals surface area contributed by atoms with Gasteiger partial charge in [-0.3, -0.25) is 0 Å². The molecular weight excluding hydrogens is 115 g/mol. The fraction of sp³-hybridized carbons (Fsp3) is 0.667. The summed E-state index contributed by atoms with van der Waals surface area (Å²) in [5, 5.41) is 0. The molecule has 0 aromatic carbocycles. The van der Waals surface area contributed by atoms with Crippen LogP contribution in [0.2, 0.25) is 6.32 Å². The third-order valence-corrected chi connectivity index (χ3v) is 0.668.